The number of amides is 1. The number of aromatic nitrogens is 1. The number of nitrogens with zero attached hydrogens (tertiary/aromatic N) is 2. The van der Waals surface area contributed by atoms with Gasteiger partial charge >= 0.3 is 0 Å². The van der Waals surface area contributed by atoms with Crippen LogP contribution in [-0.2, 0) is 4.43 Å². The number of primary amides is 1. The zero-order valence-electron chi connectivity index (χ0n) is 17.5. The summed E-state index contributed by atoms with van der Waals surface area (Å²) in [5, 5.41) is 5.02. The molecule has 1 aromatic heterocycles. The Labute approximate surface area is 183 Å². The highest BCUT2D eigenvalue weighted by atomic mass is 32.1. The van der Waals surface area contributed by atoms with Crippen LogP contribution in [0.1, 0.15) is 31.3 Å². The molecule has 5 nitrogen and oxygen atoms in total. The third-order valence-electron chi connectivity index (χ3n) is 5.63. The molecule has 2 unspecified atom stereocenters. The predicted molar refractivity (Wildman–Crippen MR) is 125 cm³/mol. The average Bonchev–Trinajstić information content (AvgIpc) is 3.18. The van der Waals surface area contributed by atoms with Crippen molar-refractivity contribution in [2.24, 2.45) is 17.1 Å². The van der Waals surface area contributed by atoms with Crippen LogP contribution in [0.15, 0.2) is 66.0 Å². The minimum absolute atomic E-state index is 0.0889. The van der Waals surface area contributed by atoms with Gasteiger partial charge in [0.2, 0.25) is 9.04 Å². The van der Waals surface area contributed by atoms with Gasteiger partial charge in [0.25, 0.3) is 5.91 Å². The Hall–Kier alpha value is -2.48. The van der Waals surface area contributed by atoms with E-state index in [1.807, 2.05) is 12.1 Å². The molecule has 4 rings (SSSR count). The second-order valence-corrected chi connectivity index (χ2v) is 11.9. The number of rotatable bonds is 6. The minimum atomic E-state index is -1.92. The van der Waals surface area contributed by atoms with E-state index in [2.05, 4.69) is 79.2 Å². The zero-order valence-corrected chi connectivity index (χ0v) is 19.5. The van der Waals surface area contributed by atoms with E-state index in [1.165, 1.54) is 21.7 Å². The molecule has 1 saturated heterocycles. The lowest BCUT2D eigenvalue weighted by Crippen LogP contribution is -2.65. The van der Waals surface area contributed by atoms with Gasteiger partial charge in [-0.1, -0.05) is 81.4 Å². The van der Waals surface area contributed by atoms with Crippen molar-refractivity contribution in [3.05, 3.63) is 71.7 Å². The van der Waals surface area contributed by atoms with E-state index >= 15 is 0 Å². The highest BCUT2D eigenvalue weighted by molar-refractivity contribution is 7.14. The first-order chi connectivity index (χ1) is 14.3. The van der Waals surface area contributed by atoms with Crippen LogP contribution in [0, 0.1) is 11.3 Å². The summed E-state index contributed by atoms with van der Waals surface area (Å²) in [6.07, 6.45) is -0.0889. The Morgan fingerprint density at radius 3 is 2.13 bits per heavy atom. The summed E-state index contributed by atoms with van der Waals surface area (Å²) >= 11 is 1.45. The first-order valence-corrected chi connectivity index (χ1v) is 12.6. The zero-order chi connectivity index (χ0) is 21.3. The van der Waals surface area contributed by atoms with Gasteiger partial charge in [0.1, 0.15) is 11.9 Å². The van der Waals surface area contributed by atoms with Crippen LogP contribution in [0.5, 0.6) is 0 Å². The molecular weight excluding hydrogens is 410 g/mol. The fourth-order valence-electron chi connectivity index (χ4n) is 3.80. The van der Waals surface area contributed by atoms with E-state index in [4.69, 9.17) is 10.2 Å². The third kappa shape index (κ3) is 4.19. The predicted octanol–water partition coefficient (Wildman–Crippen LogP) is 2.61. The molecule has 1 amide bonds. The first kappa shape index (κ1) is 20.8. The summed E-state index contributed by atoms with van der Waals surface area (Å²) in [6, 6.07) is 21.0. The summed E-state index contributed by atoms with van der Waals surface area (Å²) < 4.78 is 6.95. The third-order valence-corrected chi connectivity index (χ3v) is 9.04. The van der Waals surface area contributed by atoms with Gasteiger partial charge in [-0.15, -0.1) is 11.3 Å². The maximum atomic E-state index is 11.5. The number of carbonyl (C=O) groups excluding carboxylic acids is 1. The largest absolute Gasteiger partial charge is 0.391 e. The Kier molecular flexibility index (Phi) is 5.77. The van der Waals surface area contributed by atoms with Crippen molar-refractivity contribution in [1.82, 2.24) is 4.98 Å². The van der Waals surface area contributed by atoms with E-state index in [1.54, 1.807) is 5.38 Å². The summed E-state index contributed by atoms with van der Waals surface area (Å²) in [6.45, 7) is 7.61. The molecule has 3 aromatic rings. The van der Waals surface area contributed by atoms with Crippen LogP contribution >= 0.6 is 11.3 Å². The van der Waals surface area contributed by atoms with Gasteiger partial charge in [0, 0.05) is 17.8 Å². The molecule has 0 spiro atoms. The molecule has 2 N–H and O–H groups in total. The van der Waals surface area contributed by atoms with Crippen molar-refractivity contribution in [1.29, 1.82) is 0 Å². The molecule has 2 heterocycles. The summed E-state index contributed by atoms with van der Waals surface area (Å²) in [4.78, 5) is 18.2. The normalized spacial score (nSPS) is 19.0. The smallest absolute Gasteiger partial charge is 0.268 e. The minimum Gasteiger partial charge on any atom is -0.391 e. The van der Waals surface area contributed by atoms with Gasteiger partial charge < -0.3 is 15.1 Å². The van der Waals surface area contributed by atoms with Gasteiger partial charge in [-0.3, -0.25) is 4.79 Å². The fourth-order valence-corrected chi connectivity index (χ4v) is 7.11. The van der Waals surface area contributed by atoms with Crippen LogP contribution in [0.3, 0.4) is 0 Å². The first-order valence-electron chi connectivity index (χ1n) is 10.1. The highest BCUT2D eigenvalue weighted by Gasteiger charge is 2.48. The quantitative estimate of drug-likeness (QED) is 0.602. The van der Waals surface area contributed by atoms with Crippen molar-refractivity contribution in [2.45, 2.75) is 27.0 Å². The van der Waals surface area contributed by atoms with E-state index in [0.717, 1.165) is 11.7 Å². The van der Waals surface area contributed by atoms with Crippen molar-refractivity contribution in [3.63, 3.8) is 0 Å². The van der Waals surface area contributed by atoms with Crippen molar-refractivity contribution in [2.75, 3.05) is 11.4 Å². The average molecular weight is 438 g/mol. The number of benzene rings is 2. The Morgan fingerprint density at radius 2 is 1.67 bits per heavy atom. The number of hydrogen-bond acceptors (Lipinski definition) is 5. The monoisotopic (exact) mass is 437 g/mol. The van der Waals surface area contributed by atoms with Gasteiger partial charge in [-0.25, -0.2) is 4.98 Å². The molecule has 1 aliphatic heterocycles. The van der Waals surface area contributed by atoms with Crippen LogP contribution in [0.4, 0.5) is 5.13 Å². The lowest BCUT2D eigenvalue weighted by atomic mass is 9.74. The van der Waals surface area contributed by atoms with Crippen LogP contribution in [0.2, 0.25) is 0 Å². The van der Waals surface area contributed by atoms with Gasteiger partial charge in [-0.05, 0) is 15.8 Å². The Morgan fingerprint density at radius 1 is 1.10 bits per heavy atom. The van der Waals surface area contributed by atoms with Crippen molar-refractivity contribution < 1.29 is 9.22 Å². The second kappa shape index (κ2) is 8.33. The number of anilines is 1. The SMILES string of the molecule is CC(C)(C)C1CN(c2nc(C(N)=O)cs2)C1O[SiH](c1ccccc1)c1ccccc1. The van der Waals surface area contributed by atoms with Crippen LogP contribution < -0.4 is 21.0 Å². The maximum Gasteiger partial charge on any atom is 0.268 e. The molecule has 2 atom stereocenters. The lowest BCUT2D eigenvalue weighted by Gasteiger charge is -2.54. The standard InChI is InChI=1S/C23H27N3O2SSi/c1-23(2,3)18-14-26(22-25-19(15-29-22)20(24)27)21(18)28-30(16-10-6-4-7-11-16)17-12-8-5-9-13-17/h4-13,15,18,21,30H,14H2,1-3H3,(H2,24,27). The van der Waals surface area contributed by atoms with Crippen molar-refractivity contribution in [3.8, 4) is 0 Å². The Bertz CT molecular complexity index is 965. The number of nitrogens with two attached hydrogens (primary N) is 1. The topological polar surface area (TPSA) is 68.5 Å². The second-order valence-electron chi connectivity index (χ2n) is 8.73. The molecule has 156 valence electrons. The van der Waals surface area contributed by atoms with E-state index in [-0.39, 0.29) is 11.6 Å². The summed E-state index contributed by atoms with van der Waals surface area (Å²) in [7, 11) is -1.92. The van der Waals surface area contributed by atoms with E-state index in [0.29, 0.717) is 11.6 Å². The maximum absolute atomic E-state index is 11.5. The van der Waals surface area contributed by atoms with Crippen LogP contribution in [-0.4, -0.2) is 32.7 Å². The Balaban J connectivity index is 1.67. The van der Waals surface area contributed by atoms with Crippen molar-refractivity contribution >= 4 is 41.8 Å². The lowest BCUT2D eigenvalue weighted by molar-refractivity contribution is 0.00495. The molecule has 30 heavy (non-hydrogen) atoms. The van der Waals surface area contributed by atoms with E-state index < -0.39 is 14.9 Å². The highest BCUT2D eigenvalue weighted by Crippen LogP contribution is 2.43. The van der Waals surface area contributed by atoms with Gasteiger partial charge in [0.05, 0.1) is 0 Å². The van der Waals surface area contributed by atoms with Gasteiger partial charge in [0.15, 0.2) is 5.13 Å². The molecular formula is C23H27N3O2SSi. The summed E-state index contributed by atoms with van der Waals surface area (Å²) in [5.74, 6) is -0.135. The molecule has 0 radical (unpaired) electrons. The van der Waals surface area contributed by atoms with E-state index in [9.17, 15) is 4.79 Å². The number of carbonyl (C=O) groups is 1. The number of hydrogen-bond donors (Lipinski definition) is 1. The molecule has 0 bridgehead atoms. The van der Waals surface area contributed by atoms with Crippen LogP contribution in [0.25, 0.3) is 0 Å². The fraction of sp³-hybridized carbons (Fsp3) is 0.304. The molecule has 0 aliphatic carbocycles. The molecule has 0 saturated carbocycles. The van der Waals surface area contributed by atoms with Gasteiger partial charge in [-0.2, -0.15) is 0 Å². The summed E-state index contributed by atoms with van der Waals surface area (Å²) in [5.41, 5.74) is 5.82. The molecule has 7 heteroatoms. The molecule has 1 aliphatic rings. The number of thiazole rings is 1. The molecule has 2 aromatic carbocycles. The molecule has 1 fully saturated rings.